The third kappa shape index (κ3) is 5.18. The Hall–Kier alpha value is -2.70. The number of sulfone groups is 2. The summed E-state index contributed by atoms with van der Waals surface area (Å²) >= 11 is 0. The summed E-state index contributed by atoms with van der Waals surface area (Å²) in [5.74, 6) is -9.48. The average molecular weight is 546 g/mol. The number of hydrogen-bond acceptors (Lipinski definition) is 8. The zero-order valence-corrected chi connectivity index (χ0v) is 17.9. The van der Waals surface area contributed by atoms with Crippen LogP contribution in [0.2, 0.25) is 0 Å². The van der Waals surface area contributed by atoms with Crippen molar-refractivity contribution < 1.29 is 62.0 Å². The molecule has 1 aliphatic rings. The second-order valence-electron chi connectivity index (χ2n) is 6.94. The largest absolute Gasteiger partial charge is 0.477 e. The number of hydrogen-bond donors (Lipinski definition) is 1. The van der Waals surface area contributed by atoms with Crippen LogP contribution in [0.15, 0.2) is 23.1 Å². The van der Waals surface area contributed by atoms with Gasteiger partial charge in [0.05, 0.1) is 21.3 Å². The number of nitro benzene ring substituents is 1. The lowest BCUT2D eigenvalue weighted by atomic mass is 10.2. The molecular formula is C15H13F7N2O8S2. The summed E-state index contributed by atoms with van der Waals surface area (Å²) < 4.78 is 142. The van der Waals surface area contributed by atoms with Crippen LogP contribution in [0.1, 0.15) is 6.42 Å². The molecule has 0 bridgehead atoms. The SMILES string of the molecule is O=C(COc1ccc(S(=O)(=O)C(F)(F)C(F)(F)C(F)(F)F)cc1[N+](=O)[O-])NC1CCS(=O)(=O)C1. The van der Waals surface area contributed by atoms with Crippen LogP contribution in [-0.4, -0.2) is 69.2 Å². The van der Waals surface area contributed by atoms with Crippen molar-refractivity contribution in [3.8, 4) is 5.75 Å². The van der Waals surface area contributed by atoms with Crippen molar-refractivity contribution in [1.29, 1.82) is 0 Å². The molecule has 1 N–H and O–H groups in total. The predicted octanol–water partition coefficient (Wildman–Crippen LogP) is 1.84. The maximum absolute atomic E-state index is 13.7. The molecule has 1 saturated heterocycles. The fourth-order valence-electron chi connectivity index (χ4n) is 2.73. The number of alkyl halides is 7. The van der Waals surface area contributed by atoms with Crippen molar-refractivity contribution in [3.63, 3.8) is 0 Å². The monoisotopic (exact) mass is 546 g/mol. The van der Waals surface area contributed by atoms with Gasteiger partial charge in [0.2, 0.25) is 0 Å². The summed E-state index contributed by atoms with van der Waals surface area (Å²) in [4.78, 5) is 19.6. The van der Waals surface area contributed by atoms with Crippen LogP contribution in [0.25, 0.3) is 0 Å². The minimum atomic E-state index is -7.03. The number of nitrogens with zero attached hydrogens (tertiary/aromatic N) is 1. The van der Waals surface area contributed by atoms with Gasteiger partial charge in [-0.2, -0.15) is 30.7 Å². The summed E-state index contributed by atoms with van der Waals surface area (Å²) in [6, 6.07) is -0.646. The Labute approximate surface area is 186 Å². The smallest absolute Gasteiger partial charge is 0.461 e. The number of benzene rings is 1. The summed E-state index contributed by atoms with van der Waals surface area (Å²) in [6.45, 7) is -0.994. The fraction of sp³-hybridized carbons (Fsp3) is 0.533. The number of nitrogens with one attached hydrogen (secondary N) is 1. The fourth-order valence-corrected chi connectivity index (χ4v) is 5.67. The third-order valence-electron chi connectivity index (χ3n) is 4.45. The van der Waals surface area contributed by atoms with Crippen LogP contribution in [0, 0.1) is 10.1 Å². The summed E-state index contributed by atoms with van der Waals surface area (Å²) in [5.41, 5.74) is -1.44. The van der Waals surface area contributed by atoms with Crippen LogP contribution < -0.4 is 10.1 Å². The molecule has 0 aliphatic carbocycles. The average Bonchev–Trinajstić information content (AvgIpc) is 3.02. The highest BCUT2D eigenvalue weighted by Crippen LogP contribution is 2.51. The molecule has 192 valence electrons. The minimum absolute atomic E-state index is 0.0550. The molecule has 1 atom stereocenters. The van der Waals surface area contributed by atoms with Crippen molar-refractivity contribution in [2.45, 2.75) is 34.7 Å². The maximum atomic E-state index is 13.7. The molecule has 1 amide bonds. The van der Waals surface area contributed by atoms with Crippen LogP contribution in [-0.2, 0) is 24.5 Å². The predicted molar refractivity (Wildman–Crippen MR) is 96.9 cm³/mol. The van der Waals surface area contributed by atoms with Crippen LogP contribution in [0.4, 0.5) is 36.4 Å². The van der Waals surface area contributed by atoms with Gasteiger partial charge >= 0.3 is 23.0 Å². The molecule has 1 heterocycles. The van der Waals surface area contributed by atoms with Crippen LogP contribution in [0.3, 0.4) is 0 Å². The van der Waals surface area contributed by atoms with Crippen LogP contribution in [0.5, 0.6) is 5.75 Å². The standard InChI is InChI=1S/C15H13F7N2O8S2/c16-13(17,14(18,19)20)15(21,22)34(30,31)9-1-2-11(10(5-9)24(26)27)32-6-12(25)23-8-3-4-33(28,29)7-8/h1-2,5,8H,3-4,6-7H2,(H,23,25). The molecule has 1 aromatic rings. The van der Waals surface area contributed by atoms with Gasteiger partial charge in [-0.15, -0.1) is 0 Å². The molecule has 1 aromatic carbocycles. The van der Waals surface area contributed by atoms with Gasteiger partial charge in [0.1, 0.15) is 0 Å². The molecule has 34 heavy (non-hydrogen) atoms. The van der Waals surface area contributed by atoms with E-state index >= 15 is 0 Å². The summed E-state index contributed by atoms with van der Waals surface area (Å²) in [7, 11) is -10.2. The van der Waals surface area contributed by atoms with Gasteiger partial charge in [-0.25, -0.2) is 16.8 Å². The summed E-state index contributed by atoms with van der Waals surface area (Å²) in [6.07, 6.45) is -6.89. The zero-order chi connectivity index (χ0) is 26.3. The zero-order valence-electron chi connectivity index (χ0n) is 16.3. The van der Waals surface area contributed by atoms with Crippen molar-refractivity contribution in [1.82, 2.24) is 5.32 Å². The van der Waals surface area contributed by atoms with Crippen molar-refractivity contribution in [2.75, 3.05) is 18.1 Å². The Morgan fingerprint density at radius 2 is 1.76 bits per heavy atom. The molecule has 10 nitrogen and oxygen atoms in total. The summed E-state index contributed by atoms with van der Waals surface area (Å²) in [5, 5.41) is 6.67. The van der Waals surface area contributed by atoms with Gasteiger partial charge in [0, 0.05) is 12.1 Å². The Morgan fingerprint density at radius 3 is 2.24 bits per heavy atom. The molecule has 1 fully saturated rings. The first-order chi connectivity index (χ1) is 15.2. The highest BCUT2D eigenvalue weighted by molar-refractivity contribution is 7.92. The highest BCUT2D eigenvalue weighted by Gasteiger charge is 2.78. The first kappa shape index (κ1) is 27.5. The second kappa shape index (κ2) is 8.82. The molecular weight excluding hydrogens is 533 g/mol. The molecule has 0 spiro atoms. The number of nitro groups is 1. The van der Waals surface area contributed by atoms with E-state index in [2.05, 4.69) is 5.32 Å². The van der Waals surface area contributed by atoms with E-state index in [9.17, 15) is 62.5 Å². The maximum Gasteiger partial charge on any atom is 0.461 e. The molecule has 0 aromatic heterocycles. The number of ether oxygens (including phenoxy) is 1. The molecule has 1 unspecified atom stereocenters. The van der Waals surface area contributed by atoms with E-state index in [4.69, 9.17) is 4.74 Å². The molecule has 19 heteroatoms. The van der Waals surface area contributed by atoms with E-state index < -0.39 is 76.8 Å². The minimum Gasteiger partial charge on any atom is -0.477 e. The van der Waals surface area contributed by atoms with E-state index in [1.807, 2.05) is 0 Å². The normalized spacial score (nSPS) is 19.0. The third-order valence-corrected chi connectivity index (χ3v) is 8.03. The molecule has 0 saturated carbocycles. The quantitative estimate of drug-likeness (QED) is 0.295. The highest BCUT2D eigenvalue weighted by atomic mass is 32.2. The molecule has 1 aliphatic heterocycles. The van der Waals surface area contributed by atoms with Gasteiger partial charge in [-0.1, -0.05) is 0 Å². The van der Waals surface area contributed by atoms with Gasteiger partial charge in [-0.3, -0.25) is 14.9 Å². The van der Waals surface area contributed by atoms with E-state index in [-0.39, 0.29) is 30.1 Å². The molecule has 0 radical (unpaired) electrons. The van der Waals surface area contributed by atoms with Gasteiger partial charge in [0.15, 0.2) is 22.2 Å². The number of halogens is 7. The van der Waals surface area contributed by atoms with E-state index in [1.165, 1.54) is 0 Å². The number of carbonyl (C=O) groups excluding carboxylic acids is 1. The number of rotatable bonds is 8. The van der Waals surface area contributed by atoms with Gasteiger partial charge in [-0.05, 0) is 18.6 Å². The Bertz CT molecular complexity index is 1200. The first-order valence-corrected chi connectivity index (χ1v) is 12.0. The van der Waals surface area contributed by atoms with Gasteiger partial charge in [0.25, 0.3) is 15.7 Å². The van der Waals surface area contributed by atoms with Gasteiger partial charge < -0.3 is 10.1 Å². The first-order valence-electron chi connectivity index (χ1n) is 8.71. The lowest BCUT2D eigenvalue weighted by molar-refractivity contribution is -0.386. The number of amides is 1. The van der Waals surface area contributed by atoms with Crippen molar-refractivity contribution in [2.24, 2.45) is 0 Å². The molecule has 2 rings (SSSR count). The van der Waals surface area contributed by atoms with E-state index in [1.54, 1.807) is 0 Å². The lowest BCUT2D eigenvalue weighted by Gasteiger charge is -2.27. The van der Waals surface area contributed by atoms with Crippen molar-refractivity contribution in [3.05, 3.63) is 28.3 Å². The lowest BCUT2D eigenvalue weighted by Crippen LogP contribution is -2.55. The topological polar surface area (TPSA) is 150 Å². The second-order valence-corrected chi connectivity index (χ2v) is 11.2. The Balaban J connectivity index is 2.28. The van der Waals surface area contributed by atoms with E-state index in [0.29, 0.717) is 6.07 Å². The van der Waals surface area contributed by atoms with Crippen molar-refractivity contribution >= 4 is 31.3 Å². The van der Waals surface area contributed by atoms with Crippen LogP contribution >= 0.6 is 0 Å². The number of carbonyl (C=O) groups is 1. The Morgan fingerprint density at radius 1 is 1.18 bits per heavy atom. The van der Waals surface area contributed by atoms with E-state index in [0.717, 1.165) is 0 Å². The Kier molecular flexibility index (Phi) is 7.15.